The number of nitrogens with two attached hydrogens (primary N) is 1. The highest BCUT2D eigenvalue weighted by molar-refractivity contribution is 6.34. The van der Waals surface area contributed by atoms with E-state index in [9.17, 15) is 0 Å². The van der Waals surface area contributed by atoms with E-state index in [4.69, 9.17) is 27.3 Å². The fourth-order valence-corrected chi connectivity index (χ4v) is 2.85. The number of halogens is 1. The molecule has 5 nitrogen and oxygen atoms in total. The van der Waals surface area contributed by atoms with E-state index in [1.165, 1.54) is 0 Å². The van der Waals surface area contributed by atoms with Crippen molar-refractivity contribution >= 4 is 23.1 Å². The van der Waals surface area contributed by atoms with Crippen molar-refractivity contribution in [1.29, 1.82) is 0 Å². The number of nitrogens with zero attached hydrogens (tertiary/aromatic N) is 2. The summed E-state index contributed by atoms with van der Waals surface area (Å²) in [6.45, 7) is 4.50. The summed E-state index contributed by atoms with van der Waals surface area (Å²) in [5, 5.41) is 12.5. The molecule has 110 valence electrons. The average Bonchev–Trinajstić information content (AvgIpc) is 2.47. The van der Waals surface area contributed by atoms with Gasteiger partial charge in [0.15, 0.2) is 5.84 Å². The van der Waals surface area contributed by atoms with E-state index in [-0.39, 0.29) is 5.84 Å². The number of hydrogen-bond donors (Lipinski definition) is 2. The molecule has 0 aliphatic carbocycles. The van der Waals surface area contributed by atoms with Crippen molar-refractivity contribution in [2.75, 3.05) is 24.6 Å². The van der Waals surface area contributed by atoms with Crippen LogP contribution in [0.1, 0.15) is 25.3 Å². The zero-order valence-electron chi connectivity index (χ0n) is 11.6. The second kappa shape index (κ2) is 6.81. The van der Waals surface area contributed by atoms with Crippen LogP contribution in [0.5, 0.6) is 0 Å². The Balaban J connectivity index is 2.20. The zero-order valence-corrected chi connectivity index (χ0v) is 12.3. The third-order valence-corrected chi connectivity index (χ3v) is 3.86. The molecule has 20 heavy (non-hydrogen) atoms. The van der Waals surface area contributed by atoms with Crippen molar-refractivity contribution < 1.29 is 9.94 Å². The van der Waals surface area contributed by atoms with E-state index in [0.717, 1.165) is 38.2 Å². The van der Waals surface area contributed by atoms with Gasteiger partial charge in [-0.2, -0.15) is 0 Å². The minimum absolute atomic E-state index is 0.0394. The molecule has 0 amide bonds. The molecule has 0 unspecified atom stereocenters. The molecule has 0 atom stereocenters. The van der Waals surface area contributed by atoms with Gasteiger partial charge in [0.05, 0.1) is 16.7 Å². The smallest absolute Gasteiger partial charge is 0.173 e. The van der Waals surface area contributed by atoms with E-state index >= 15 is 0 Å². The molecular formula is C14H20ClN3O2. The molecule has 0 saturated carbocycles. The van der Waals surface area contributed by atoms with E-state index in [1.54, 1.807) is 6.07 Å². The summed E-state index contributed by atoms with van der Waals surface area (Å²) in [5.74, 6) is 0.0394. The molecule has 1 aliphatic heterocycles. The van der Waals surface area contributed by atoms with Gasteiger partial charge in [-0.05, 0) is 31.9 Å². The number of piperidine rings is 1. The molecule has 0 spiro atoms. The SMILES string of the molecule is CCOC1CCN(c2cccc(Cl)c2C(N)=NO)CC1. The van der Waals surface area contributed by atoms with E-state index in [0.29, 0.717) is 16.7 Å². The Morgan fingerprint density at radius 1 is 1.50 bits per heavy atom. The lowest BCUT2D eigenvalue weighted by molar-refractivity contribution is 0.0459. The predicted octanol–water partition coefficient (Wildman–Crippen LogP) is 2.44. The maximum atomic E-state index is 8.91. The Labute approximate surface area is 124 Å². The standard InChI is InChI=1S/C14H20ClN3O2/c1-2-20-10-6-8-18(9-7-10)12-5-3-4-11(15)13(12)14(16)17-19/h3-5,10,19H,2,6-9H2,1H3,(H2,16,17). The van der Waals surface area contributed by atoms with Gasteiger partial charge < -0.3 is 20.6 Å². The summed E-state index contributed by atoms with van der Waals surface area (Å²) in [6, 6.07) is 5.56. The van der Waals surface area contributed by atoms with Gasteiger partial charge >= 0.3 is 0 Å². The van der Waals surface area contributed by atoms with Crippen LogP contribution in [0.15, 0.2) is 23.4 Å². The largest absolute Gasteiger partial charge is 0.409 e. The van der Waals surface area contributed by atoms with E-state index < -0.39 is 0 Å². The maximum absolute atomic E-state index is 8.91. The molecule has 1 heterocycles. The topological polar surface area (TPSA) is 71.1 Å². The van der Waals surface area contributed by atoms with Crippen LogP contribution in [0, 0.1) is 0 Å². The first-order valence-corrected chi connectivity index (χ1v) is 7.18. The summed E-state index contributed by atoms with van der Waals surface area (Å²) in [6.07, 6.45) is 2.26. The van der Waals surface area contributed by atoms with Crippen molar-refractivity contribution in [2.45, 2.75) is 25.9 Å². The maximum Gasteiger partial charge on any atom is 0.173 e. The molecular weight excluding hydrogens is 278 g/mol. The minimum atomic E-state index is 0.0394. The fourth-order valence-electron chi connectivity index (χ4n) is 2.58. The lowest BCUT2D eigenvalue weighted by Crippen LogP contribution is -2.38. The van der Waals surface area contributed by atoms with Crippen LogP contribution in [0.25, 0.3) is 0 Å². The van der Waals surface area contributed by atoms with E-state index in [1.807, 2.05) is 19.1 Å². The molecule has 1 saturated heterocycles. The number of oxime groups is 1. The number of anilines is 1. The number of rotatable bonds is 4. The molecule has 1 aromatic rings. The van der Waals surface area contributed by atoms with Crippen molar-refractivity contribution in [3.8, 4) is 0 Å². The Morgan fingerprint density at radius 2 is 2.20 bits per heavy atom. The van der Waals surface area contributed by atoms with Crippen LogP contribution in [0.3, 0.4) is 0 Å². The highest BCUT2D eigenvalue weighted by atomic mass is 35.5. The van der Waals surface area contributed by atoms with Crippen LogP contribution in [-0.4, -0.2) is 36.8 Å². The molecule has 2 rings (SSSR count). The van der Waals surface area contributed by atoms with Crippen LogP contribution >= 0.6 is 11.6 Å². The van der Waals surface area contributed by atoms with Gasteiger partial charge in [0.1, 0.15) is 0 Å². The van der Waals surface area contributed by atoms with Gasteiger partial charge in [-0.3, -0.25) is 0 Å². The molecule has 3 N–H and O–H groups in total. The molecule has 1 aliphatic rings. The summed E-state index contributed by atoms with van der Waals surface area (Å²) in [7, 11) is 0. The molecule has 6 heteroatoms. The lowest BCUT2D eigenvalue weighted by atomic mass is 10.0. The number of ether oxygens (including phenoxy) is 1. The Hall–Kier alpha value is -1.46. The molecule has 0 radical (unpaired) electrons. The predicted molar refractivity (Wildman–Crippen MR) is 80.8 cm³/mol. The third-order valence-electron chi connectivity index (χ3n) is 3.54. The second-order valence-electron chi connectivity index (χ2n) is 4.76. The monoisotopic (exact) mass is 297 g/mol. The van der Waals surface area contributed by atoms with Crippen molar-refractivity contribution in [1.82, 2.24) is 0 Å². The highest BCUT2D eigenvalue weighted by Crippen LogP contribution is 2.30. The van der Waals surface area contributed by atoms with Gasteiger partial charge in [0, 0.05) is 25.4 Å². The fraction of sp³-hybridized carbons (Fsp3) is 0.500. The Bertz CT molecular complexity index is 485. The van der Waals surface area contributed by atoms with Crippen LogP contribution in [0.2, 0.25) is 5.02 Å². The summed E-state index contributed by atoms with van der Waals surface area (Å²) >= 11 is 6.18. The van der Waals surface area contributed by atoms with E-state index in [2.05, 4.69) is 10.1 Å². The van der Waals surface area contributed by atoms with Crippen LogP contribution in [0.4, 0.5) is 5.69 Å². The summed E-state index contributed by atoms with van der Waals surface area (Å²) in [5.41, 5.74) is 7.24. The quantitative estimate of drug-likeness (QED) is 0.387. The normalized spacial score (nSPS) is 17.5. The first kappa shape index (κ1) is 14.9. The van der Waals surface area contributed by atoms with Crippen molar-refractivity contribution in [2.24, 2.45) is 10.9 Å². The molecule has 1 aromatic carbocycles. The summed E-state index contributed by atoms with van der Waals surface area (Å²) in [4.78, 5) is 2.20. The van der Waals surface area contributed by atoms with Crippen molar-refractivity contribution in [3.63, 3.8) is 0 Å². The number of amidine groups is 1. The molecule has 0 aromatic heterocycles. The minimum Gasteiger partial charge on any atom is -0.409 e. The van der Waals surface area contributed by atoms with Crippen LogP contribution in [-0.2, 0) is 4.74 Å². The zero-order chi connectivity index (χ0) is 14.5. The van der Waals surface area contributed by atoms with Gasteiger partial charge in [0.2, 0.25) is 0 Å². The highest BCUT2D eigenvalue weighted by Gasteiger charge is 2.23. The van der Waals surface area contributed by atoms with Crippen molar-refractivity contribution in [3.05, 3.63) is 28.8 Å². The van der Waals surface area contributed by atoms with Gasteiger partial charge in [-0.1, -0.05) is 22.8 Å². The second-order valence-corrected chi connectivity index (χ2v) is 5.17. The number of hydrogen-bond acceptors (Lipinski definition) is 4. The van der Waals surface area contributed by atoms with Gasteiger partial charge in [0.25, 0.3) is 0 Å². The first-order chi connectivity index (χ1) is 9.67. The third kappa shape index (κ3) is 3.16. The van der Waals surface area contributed by atoms with Gasteiger partial charge in [-0.15, -0.1) is 0 Å². The Morgan fingerprint density at radius 3 is 2.80 bits per heavy atom. The average molecular weight is 298 g/mol. The Kier molecular flexibility index (Phi) is 5.09. The molecule has 1 fully saturated rings. The van der Waals surface area contributed by atoms with Gasteiger partial charge in [-0.25, -0.2) is 0 Å². The number of benzene rings is 1. The molecule has 0 bridgehead atoms. The summed E-state index contributed by atoms with van der Waals surface area (Å²) < 4.78 is 5.65. The lowest BCUT2D eigenvalue weighted by Gasteiger charge is -2.34. The van der Waals surface area contributed by atoms with Crippen LogP contribution < -0.4 is 10.6 Å². The first-order valence-electron chi connectivity index (χ1n) is 6.80.